The van der Waals surface area contributed by atoms with Crippen molar-refractivity contribution in [2.45, 2.75) is 51.8 Å². The highest BCUT2D eigenvalue weighted by Crippen LogP contribution is 2.27. The molecular weight excluding hydrogens is 312 g/mol. The van der Waals surface area contributed by atoms with E-state index in [4.69, 9.17) is 28.4 Å². The van der Waals surface area contributed by atoms with Gasteiger partial charge in [0.1, 0.15) is 0 Å². The van der Waals surface area contributed by atoms with Gasteiger partial charge in [-0.2, -0.15) is 0 Å². The van der Waals surface area contributed by atoms with Crippen molar-refractivity contribution in [3.63, 3.8) is 0 Å². The molecule has 0 aromatic carbocycles. The normalized spacial score (nSPS) is 34.4. The molecule has 6 atom stereocenters. The van der Waals surface area contributed by atoms with Crippen molar-refractivity contribution in [3.05, 3.63) is 0 Å². The molecule has 0 aromatic heterocycles. The van der Waals surface area contributed by atoms with Crippen molar-refractivity contribution in [1.29, 1.82) is 0 Å². The van der Waals surface area contributed by atoms with Gasteiger partial charge in [0.2, 0.25) is 0 Å². The first-order valence-corrected chi connectivity index (χ1v) is 7.90. The number of rotatable bonds is 4. The Hall–Kier alpha value is -1.12. The summed E-state index contributed by atoms with van der Waals surface area (Å²) in [6.07, 6.45) is 0.775. The van der Waals surface area contributed by atoms with E-state index in [0.29, 0.717) is 0 Å². The number of methoxy groups -OCH3 is 4. The molecule has 2 aliphatic heterocycles. The maximum atomic E-state index is 5.38. The average molecular weight is 340 g/mol. The zero-order valence-electron chi connectivity index (χ0n) is 15.3. The van der Waals surface area contributed by atoms with E-state index in [2.05, 4.69) is 23.7 Å². The van der Waals surface area contributed by atoms with Gasteiger partial charge in [-0.15, -0.1) is 11.8 Å². The molecule has 2 aliphatic rings. The van der Waals surface area contributed by atoms with Crippen LogP contribution in [0.3, 0.4) is 0 Å². The molecule has 24 heavy (non-hydrogen) atoms. The Morgan fingerprint density at radius 2 is 1.04 bits per heavy atom. The molecule has 0 saturated carbocycles. The molecule has 0 N–H and O–H groups in total. The number of hydrogen-bond acceptors (Lipinski definition) is 6. The van der Waals surface area contributed by atoms with Crippen LogP contribution in [0.25, 0.3) is 0 Å². The van der Waals surface area contributed by atoms with Crippen molar-refractivity contribution in [1.82, 2.24) is 0 Å². The third kappa shape index (κ3) is 6.07. The van der Waals surface area contributed by atoms with Gasteiger partial charge in [-0.1, -0.05) is 11.8 Å². The maximum absolute atomic E-state index is 5.38. The Morgan fingerprint density at radius 3 is 1.29 bits per heavy atom. The van der Waals surface area contributed by atoms with Gasteiger partial charge in [0.25, 0.3) is 0 Å². The van der Waals surface area contributed by atoms with Crippen molar-refractivity contribution >= 4 is 0 Å². The zero-order chi connectivity index (χ0) is 17.9. The van der Waals surface area contributed by atoms with E-state index in [1.807, 2.05) is 13.8 Å². The molecule has 6 nitrogen and oxygen atoms in total. The average Bonchev–Trinajstić information content (AvgIpc) is 3.19. The third-order valence-corrected chi connectivity index (χ3v) is 3.77. The molecule has 2 rings (SSSR count). The Kier molecular flexibility index (Phi) is 9.97. The van der Waals surface area contributed by atoms with E-state index < -0.39 is 0 Å². The summed E-state index contributed by atoms with van der Waals surface area (Å²) in [4.78, 5) is 0. The predicted molar refractivity (Wildman–Crippen MR) is 88.5 cm³/mol. The smallest absolute Gasteiger partial charge is 0.174 e. The molecule has 0 aromatic rings. The number of ether oxygens (including phenoxy) is 6. The molecule has 2 saturated heterocycles. The lowest BCUT2D eigenvalue weighted by atomic mass is 10.1. The highest BCUT2D eigenvalue weighted by Gasteiger charge is 2.34. The summed E-state index contributed by atoms with van der Waals surface area (Å²) in [6.45, 7) is 3.62. The Balaban J connectivity index is 0.000000240. The van der Waals surface area contributed by atoms with Crippen molar-refractivity contribution in [2.75, 3.05) is 28.4 Å². The van der Waals surface area contributed by atoms with Gasteiger partial charge in [0.15, 0.2) is 25.2 Å². The molecule has 6 unspecified atom stereocenters. The summed E-state index contributed by atoms with van der Waals surface area (Å²) in [7, 11) is 6.48. The van der Waals surface area contributed by atoms with Crippen LogP contribution < -0.4 is 0 Å². The predicted octanol–water partition coefficient (Wildman–Crippen LogP) is 1.98. The van der Waals surface area contributed by atoms with Gasteiger partial charge >= 0.3 is 0 Å². The minimum absolute atomic E-state index is 0.143. The van der Waals surface area contributed by atoms with Crippen LogP contribution in [0.15, 0.2) is 0 Å². The summed E-state index contributed by atoms with van der Waals surface area (Å²) >= 11 is 0. The van der Waals surface area contributed by atoms with Crippen LogP contribution >= 0.6 is 0 Å². The fourth-order valence-electron chi connectivity index (χ4n) is 2.60. The first kappa shape index (κ1) is 20.9. The Labute approximate surface area is 145 Å². The second-order valence-electron chi connectivity index (χ2n) is 5.28. The van der Waals surface area contributed by atoms with Crippen LogP contribution in [0, 0.1) is 35.5 Å². The second-order valence-corrected chi connectivity index (χ2v) is 5.28. The van der Waals surface area contributed by atoms with Crippen LogP contribution in [0.1, 0.15) is 26.7 Å². The van der Waals surface area contributed by atoms with Crippen molar-refractivity contribution in [2.24, 2.45) is 11.8 Å². The van der Waals surface area contributed by atoms with Crippen LogP contribution in [-0.4, -0.2) is 53.6 Å². The van der Waals surface area contributed by atoms with Crippen LogP contribution in [0.4, 0.5) is 0 Å². The molecule has 2 fully saturated rings. The molecule has 0 bridgehead atoms. The largest absolute Gasteiger partial charge is 0.356 e. The minimum atomic E-state index is -0.234. The molecule has 2 heterocycles. The van der Waals surface area contributed by atoms with Gasteiger partial charge in [-0.05, 0) is 13.8 Å². The first-order chi connectivity index (χ1) is 11.6. The van der Waals surface area contributed by atoms with E-state index in [1.165, 1.54) is 0 Å². The van der Waals surface area contributed by atoms with E-state index in [0.717, 1.165) is 12.8 Å². The number of hydrogen-bond donors (Lipinski definition) is 0. The van der Waals surface area contributed by atoms with Crippen molar-refractivity contribution in [3.8, 4) is 23.7 Å². The van der Waals surface area contributed by atoms with E-state index in [9.17, 15) is 0 Å². The first-order valence-electron chi connectivity index (χ1n) is 7.90. The molecule has 0 amide bonds. The quantitative estimate of drug-likeness (QED) is 0.730. The highest BCUT2D eigenvalue weighted by atomic mass is 16.8. The summed E-state index contributed by atoms with van der Waals surface area (Å²) in [6, 6.07) is 0. The minimum Gasteiger partial charge on any atom is -0.356 e. The molecule has 0 spiro atoms. The summed E-state index contributed by atoms with van der Waals surface area (Å²) in [5.74, 6) is 12.1. The van der Waals surface area contributed by atoms with Gasteiger partial charge in [0, 0.05) is 41.3 Å². The van der Waals surface area contributed by atoms with Crippen LogP contribution in [-0.2, 0) is 28.4 Å². The topological polar surface area (TPSA) is 55.4 Å². The lowest BCUT2D eigenvalue weighted by Gasteiger charge is -2.11. The van der Waals surface area contributed by atoms with Crippen LogP contribution in [0.5, 0.6) is 0 Å². The fraction of sp³-hybridized carbons (Fsp3) is 0.778. The molecular formula is C18H28O6. The van der Waals surface area contributed by atoms with E-state index >= 15 is 0 Å². The Morgan fingerprint density at radius 1 is 0.667 bits per heavy atom. The zero-order valence-corrected chi connectivity index (χ0v) is 15.3. The van der Waals surface area contributed by atoms with Crippen LogP contribution in [0.2, 0.25) is 0 Å². The van der Waals surface area contributed by atoms with Gasteiger partial charge < -0.3 is 28.4 Å². The lowest BCUT2D eigenvalue weighted by molar-refractivity contribution is -0.190. The SMILES string of the molecule is CC#CC1CC(OC)OC1OC.CC#CC1CC(OC)OC1OC. The monoisotopic (exact) mass is 340 g/mol. The highest BCUT2D eigenvalue weighted by molar-refractivity contribution is 5.05. The van der Waals surface area contributed by atoms with Gasteiger partial charge in [-0.3, -0.25) is 0 Å². The summed E-state index contributed by atoms with van der Waals surface area (Å²) < 4.78 is 31.1. The van der Waals surface area contributed by atoms with Gasteiger partial charge in [-0.25, -0.2) is 0 Å². The second kappa shape index (κ2) is 11.4. The maximum Gasteiger partial charge on any atom is 0.174 e. The lowest BCUT2D eigenvalue weighted by Crippen LogP contribution is -2.17. The Bertz CT molecular complexity index is 427. The summed E-state index contributed by atoms with van der Waals surface area (Å²) in [5, 5.41) is 0. The van der Waals surface area contributed by atoms with E-state index in [-0.39, 0.29) is 37.0 Å². The molecule has 136 valence electrons. The van der Waals surface area contributed by atoms with E-state index in [1.54, 1.807) is 28.4 Å². The molecule has 6 heteroatoms. The standard InChI is InChI=1S/2C9H14O3/c2*1-4-5-7-6-8(10-2)12-9(7)11-3/h2*7-9H,6H2,1-3H3. The summed E-state index contributed by atoms with van der Waals surface area (Å²) in [5.41, 5.74) is 0. The van der Waals surface area contributed by atoms with Gasteiger partial charge in [0.05, 0.1) is 11.8 Å². The molecule has 0 aliphatic carbocycles. The molecule has 0 radical (unpaired) electrons. The van der Waals surface area contributed by atoms with Crippen molar-refractivity contribution < 1.29 is 28.4 Å². The fourth-order valence-corrected chi connectivity index (χ4v) is 2.60. The third-order valence-electron chi connectivity index (χ3n) is 3.77.